The van der Waals surface area contributed by atoms with E-state index in [1.54, 1.807) is 0 Å². The molecule has 0 aromatic rings. The summed E-state index contributed by atoms with van der Waals surface area (Å²) in [4.78, 5) is 22.0. The Balaban J connectivity index is 4.08. The summed E-state index contributed by atoms with van der Waals surface area (Å²) in [5.74, 6) is -1.10. The summed E-state index contributed by atoms with van der Waals surface area (Å²) in [5, 5.41) is 11.3. The molecule has 94 valence electrons. The van der Waals surface area contributed by atoms with Crippen LogP contribution in [0.15, 0.2) is 0 Å². The summed E-state index contributed by atoms with van der Waals surface area (Å²) < 4.78 is 5.13. The molecule has 1 unspecified atom stereocenters. The smallest absolute Gasteiger partial charge is 0.305 e. The predicted molar refractivity (Wildman–Crippen MR) is 60.1 cm³/mol. The maximum Gasteiger partial charge on any atom is 0.305 e. The lowest BCUT2D eigenvalue weighted by Gasteiger charge is -2.20. The van der Waals surface area contributed by atoms with Crippen molar-refractivity contribution >= 4 is 11.9 Å². The van der Waals surface area contributed by atoms with Gasteiger partial charge in [0.2, 0.25) is 5.91 Å². The van der Waals surface area contributed by atoms with E-state index in [0.29, 0.717) is 0 Å². The lowest BCUT2D eigenvalue weighted by atomic mass is 10.0. The lowest BCUT2D eigenvalue weighted by Crippen LogP contribution is -2.42. The van der Waals surface area contributed by atoms with Gasteiger partial charge in [-0.05, 0) is 19.8 Å². The minimum Gasteiger partial charge on any atom is -0.481 e. The number of hydrogen-bond donors (Lipinski definition) is 2. The molecule has 16 heavy (non-hydrogen) atoms. The van der Waals surface area contributed by atoms with E-state index in [2.05, 4.69) is 5.32 Å². The quantitative estimate of drug-likeness (QED) is 0.686. The third-order valence-corrected chi connectivity index (χ3v) is 2.09. The lowest BCUT2D eigenvalue weighted by molar-refractivity contribution is -0.138. The highest BCUT2D eigenvalue weighted by Gasteiger charge is 2.19. The number of carbonyl (C=O) groups is 2. The fraction of sp³-hybridized carbons (Fsp3) is 0.818. The molecule has 0 saturated carbocycles. The summed E-state index contributed by atoms with van der Waals surface area (Å²) in [6.07, 6.45) is -0.0758. The standard InChI is InChI=1S/C11H21NO4/c1-7(2)9(5-11(14)15)12-10(13)6-16-8(3)4/h7-9H,5-6H2,1-4H3,(H,12,13)(H,14,15). The van der Waals surface area contributed by atoms with Gasteiger partial charge >= 0.3 is 5.97 Å². The van der Waals surface area contributed by atoms with Gasteiger partial charge in [-0.25, -0.2) is 0 Å². The number of hydrogen-bond acceptors (Lipinski definition) is 3. The average Bonchev–Trinajstić information content (AvgIpc) is 2.12. The highest BCUT2D eigenvalue weighted by atomic mass is 16.5. The second-order valence-electron chi connectivity index (χ2n) is 4.38. The molecule has 0 radical (unpaired) electrons. The molecule has 0 aromatic carbocycles. The van der Waals surface area contributed by atoms with E-state index in [1.807, 2.05) is 27.7 Å². The Bertz CT molecular complexity index is 238. The number of nitrogens with one attached hydrogen (secondary N) is 1. The van der Waals surface area contributed by atoms with E-state index < -0.39 is 5.97 Å². The predicted octanol–water partition coefficient (Wildman–Crippen LogP) is 1.03. The SMILES string of the molecule is CC(C)OCC(=O)NC(CC(=O)O)C(C)C. The van der Waals surface area contributed by atoms with Crippen molar-refractivity contribution in [3.05, 3.63) is 0 Å². The number of carboxylic acids is 1. The number of carbonyl (C=O) groups excluding carboxylic acids is 1. The Hall–Kier alpha value is -1.10. The topological polar surface area (TPSA) is 75.6 Å². The van der Waals surface area contributed by atoms with Gasteiger partial charge in [-0.2, -0.15) is 0 Å². The molecular formula is C11H21NO4. The van der Waals surface area contributed by atoms with Crippen molar-refractivity contribution in [2.75, 3.05) is 6.61 Å². The first kappa shape index (κ1) is 14.9. The van der Waals surface area contributed by atoms with Gasteiger partial charge in [-0.15, -0.1) is 0 Å². The van der Waals surface area contributed by atoms with Crippen LogP contribution in [-0.4, -0.2) is 35.7 Å². The van der Waals surface area contributed by atoms with Gasteiger partial charge in [0.25, 0.3) is 0 Å². The van der Waals surface area contributed by atoms with E-state index in [4.69, 9.17) is 9.84 Å². The van der Waals surface area contributed by atoms with Gasteiger partial charge in [0, 0.05) is 6.04 Å². The Kier molecular flexibility index (Phi) is 6.72. The minimum absolute atomic E-state index is 0.0114. The van der Waals surface area contributed by atoms with Gasteiger partial charge in [0.1, 0.15) is 6.61 Å². The van der Waals surface area contributed by atoms with Crippen LogP contribution in [0.2, 0.25) is 0 Å². The third kappa shape index (κ3) is 7.23. The molecule has 0 fully saturated rings. The van der Waals surface area contributed by atoms with Gasteiger partial charge < -0.3 is 15.2 Å². The summed E-state index contributed by atoms with van der Waals surface area (Å²) in [6, 6.07) is -0.347. The van der Waals surface area contributed by atoms with Crippen LogP contribution in [0.3, 0.4) is 0 Å². The van der Waals surface area contributed by atoms with Crippen molar-refractivity contribution in [2.45, 2.75) is 46.3 Å². The normalized spacial score (nSPS) is 12.9. The zero-order chi connectivity index (χ0) is 12.7. The van der Waals surface area contributed by atoms with E-state index >= 15 is 0 Å². The van der Waals surface area contributed by atoms with E-state index in [-0.39, 0.29) is 37.0 Å². The van der Waals surface area contributed by atoms with E-state index in [0.717, 1.165) is 0 Å². The highest BCUT2D eigenvalue weighted by Crippen LogP contribution is 2.06. The number of aliphatic carboxylic acids is 1. The minimum atomic E-state index is -0.913. The second kappa shape index (κ2) is 7.22. The summed E-state index contributed by atoms with van der Waals surface area (Å²) >= 11 is 0. The van der Waals surface area contributed by atoms with E-state index in [1.165, 1.54) is 0 Å². The van der Waals surface area contributed by atoms with Crippen molar-refractivity contribution in [2.24, 2.45) is 5.92 Å². The van der Waals surface area contributed by atoms with Crippen molar-refractivity contribution in [3.8, 4) is 0 Å². The first-order chi connectivity index (χ1) is 7.32. The fourth-order valence-electron chi connectivity index (χ4n) is 1.13. The van der Waals surface area contributed by atoms with E-state index in [9.17, 15) is 9.59 Å². The molecular weight excluding hydrogens is 210 g/mol. The van der Waals surface area contributed by atoms with Crippen LogP contribution in [0.25, 0.3) is 0 Å². The number of amides is 1. The fourth-order valence-corrected chi connectivity index (χ4v) is 1.13. The maximum absolute atomic E-state index is 11.4. The number of ether oxygens (including phenoxy) is 1. The molecule has 1 atom stereocenters. The van der Waals surface area contributed by atoms with Gasteiger partial charge in [-0.3, -0.25) is 9.59 Å². The summed E-state index contributed by atoms with van der Waals surface area (Å²) in [5.41, 5.74) is 0. The molecule has 0 aliphatic carbocycles. The van der Waals surface area contributed by atoms with Crippen LogP contribution in [0, 0.1) is 5.92 Å². The third-order valence-electron chi connectivity index (χ3n) is 2.09. The van der Waals surface area contributed by atoms with Crippen LogP contribution >= 0.6 is 0 Å². The average molecular weight is 231 g/mol. The molecule has 0 rings (SSSR count). The Morgan fingerprint density at radius 3 is 2.19 bits per heavy atom. The zero-order valence-electron chi connectivity index (χ0n) is 10.3. The first-order valence-electron chi connectivity index (χ1n) is 5.45. The summed E-state index contributed by atoms with van der Waals surface area (Å²) in [6.45, 7) is 7.39. The van der Waals surface area contributed by atoms with Crippen molar-refractivity contribution in [1.29, 1.82) is 0 Å². The second-order valence-corrected chi connectivity index (χ2v) is 4.38. The molecule has 0 aromatic heterocycles. The molecule has 0 bridgehead atoms. The Morgan fingerprint density at radius 1 is 1.25 bits per heavy atom. The Labute approximate surface area is 96.2 Å². The van der Waals surface area contributed by atoms with Crippen LogP contribution in [0.5, 0.6) is 0 Å². The Morgan fingerprint density at radius 2 is 1.81 bits per heavy atom. The highest BCUT2D eigenvalue weighted by molar-refractivity contribution is 5.78. The number of carboxylic acid groups (broad SMARTS) is 1. The van der Waals surface area contributed by atoms with Crippen molar-refractivity contribution in [1.82, 2.24) is 5.32 Å². The molecule has 0 aliphatic heterocycles. The molecule has 0 heterocycles. The van der Waals surface area contributed by atoms with Gasteiger partial charge in [0.15, 0.2) is 0 Å². The maximum atomic E-state index is 11.4. The summed E-state index contributed by atoms with van der Waals surface area (Å²) in [7, 11) is 0. The monoisotopic (exact) mass is 231 g/mol. The van der Waals surface area contributed by atoms with Crippen molar-refractivity contribution in [3.63, 3.8) is 0 Å². The largest absolute Gasteiger partial charge is 0.481 e. The van der Waals surface area contributed by atoms with Crippen LogP contribution in [0.1, 0.15) is 34.1 Å². The molecule has 5 heteroatoms. The molecule has 1 amide bonds. The van der Waals surface area contributed by atoms with Crippen LogP contribution in [-0.2, 0) is 14.3 Å². The molecule has 2 N–H and O–H groups in total. The van der Waals surface area contributed by atoms with Crippen LogP contribution < -0.4 is 5.32 Å². The molecule has 0 saturated heterocycles. The van der Waals surface area contributed by atoms with Gasteiger partial charge in [0.05, 0.1) is 12.5 Å². The molecule has 0 spiro atoms. The van der Waals surface area contributed by atoms with Crippen molar-refractivity contribution < 1.29 is 19.4 Å². The van der Waals surface area contributed by atoms with Crippen LogP contribution in [0.4, 0.5) is 0 Å². The van der Waals surface area contributed by atoms with Gasteiger partial charge in [-0.1, -0.05) is 13.8 Å². The first-order valence-corrected chi connectivity index (χ1v) is 5.45. The molecule has 0 aliphatic rings. The number of rotatable bonds is 7. The molecule has 5 nitrogen and oxygen atoms in total. The zero-order valence-corrected chi connectivity index (χ0v) is 10.3.